The van der Waals surface area contributed by atoms with Crippen molar-refractivity contribution < 1.29 is 13.2 Å². The molecule has 23 heavy (non-hydrogen) atoms. The highest BCUT2D eigenvalue weighted by atomic mass is 79.9. The fraction of sp³-hybridized carbons (Fsp3) is 0.188. The molecule has 0 aliphatic rings. The van der Waals surface area contributed by atoms with E-state index in [0.29, 0.717) is 10.2 Å². The van der Waals surface area contributed by atoms with E-state index in [1.165, 1.54) is 20.2 Å². The molecule has 0 unspecified atom stereocenters. The number of benzene rings is 2. The Kier molecular flexibility index (Phi) is 5.23. The maximum atomic E-state index is 12.4. The van der Waals surface area contributed by atoms with E-state index in [0.717, 1.165) is 9.87 Å². The van der Waals surface area contributed by atoms with Crippen LogP contribution < -0.4 is 5.32 Å². The standard InChI is InChI=1S/C16H17BrN2O3S/c1-11-5-4-6-13(9-11)18-16(20)12-7-8-14(17)15(10-12)23(21,22)19(2)3/h4-10H,1-3H3,(H,18,20). The Labute approximate surface area is 144 Å². The predicted octanol–water partition coefficient (Wildman–Crippen LogP) is 3.26. The summed E-state index contributed by atoms with van der Waals surface area (Å²) in [6, 6.07) is 11.9. The number of carbonyl (C=O) groups is 1. The summed E-state index contributed by atoms with van der Waals surface area (Å²) < 4.78 is 26.1. The van der Waals surface area contributed by atoms with Crippen LogP contribution in [0.2, 0.25) is 0 Å². The van der Waals surface area contributed by atoms with Gasteiger partial charge in [0, 0.05) is 29.8 Å². The molecule has 0 saturated carbocycles. The van der Waals surface area contributed by atoms with E-state index < -0.39 is 10.0 Å². The van der Waals surface area contributed by atoms with Crippen LogP contribution in [-0.2, 0) is 10.0 Å². The van der Waals surface area contributed by atoms with Gasteiger partial charge in [0.05, 0.1) is 4.90 Å². The molecule has 0 saturated heterocycles. The van der Waals surface area contributed by atoms with Crippen LogP contribution in [0.3, 0.4) is 0 Å². The van der Waals surface area contributed by atoms with Crippen LogP contribution in [0.1, 0.15) is 15.9 Å². The van der Waals surface area contributed by atoms with Crippen molar-refractivity contribution in [2.75, 3.05) is 19.4 Å². The van der Waals surface area contributed by atoms with Crippen LogP contribution in [0.25, 0.3) is 0 Å². The van der Waals surface area contributed by atoms with Crippen LogP contribution in [0.15, 0.2) is 51.8 Å². The van der Waals surface area contributed by atoms with Gasteiger partial charge in [0.1, 0.15) is 0 Å². The van der Waals surface area contributed by atoms with Crippen molar-refractivity contribution in [3.63, 3.8) is 0 Å². The first kappa shape index (κ1) is 17.7. The molecule has 0 aliphatic carbocycles. The highest BCUT2D eigenvalue weighted by Gasteiger charge is 2.22. The van der Waals surface area contributed by atoms with Crippen LogP contribution in [0.5, 0.6) is 0 Å². The SMILES string of the molecule is Cc1cccc(NC(=O)c2ccc(Br)c(S(=O)(=O)N(C)C)c2)c1. The summed E-state index contributed by atoms with van der Waals surface area (Å²) in [6.07, 6.45) is 0. The number of hydrogen-bond acceptors (Lipinski definition) is 3. The molecule has 2 aromatic rings. The molecule has 1 amide bonds. The Morgan fingerprint density at radius 3 is 2.43 bits per heavy atom. The van der Waals surface area contributed by atoms with Crippen molar-refractivity contribution in [1.82, 2.24) is 4.31 Å². The van der Waals surface area contributed by atoms with Gasteiger partial charge in [-0.15, -0.1) is 0 Å². The molecular weight excluding hydrogens is 380 g/mol. The molecule has 2 rings (SSSR count). The zero-order valence-electron chi connectivity index (χ0n) is 13.0. The van der Waals surface area contributed by atoms with Gasteiger partial charge in [-0.05, 0) is 58.7 Å². The lowest BCUT2D eigenvalue weighted by Gasteiger charge is -2.14. The quantitative estimate of drug-likeness (QED) is 0.861. The molecular formula is C16H17BrN2O3S. The number of nitrogens with one attached hydrogen (secondary N) is 1. The third-order valence-corrected chi connectivity index (χ3v) is 6.04. The van der Waals surface area contributed by atoms with E-state index in [1.54, 1.807) is 18.2 Å². The van der Waals surface area contributed by atoms with E-state index in [9.17, 15) is 13.2 Å². The third-order valence-electron chi connectivity index (χ3n) is 3.23. The highest BCUT2D eigenvalue weighted by molar-refractivity contribution is 9.10. The molecule has 0 aromatic heterocycles. The normalized spacial score (nSPS) is 11.5. The van der Waals surface area contributed by atoms with Gasteiger partial charge in [-0.2, -0.15) is 0 Å². The van der Waals surface area contributed by atoms with E-state index in [-0.39, 0.29) is 16.4 Å². The van der Waals surface area contributed by atoms with Crippen molar-refractivity contribution in [1.29, 1.82) is 0 Å². The van der Waals surface area contributed by atoms with E-state index in [4.69, 9.17) is 0 Å². The molecule has 0 bridgehead atoms. The van der Waals surface area contributed by atoms with Gasteiger partial charge in [0.15, 0.2) is 0 Å². The van der Waals surface area contributed by atoms with Gasteiger partial charge in [0.2, 0.25) is 10.0 Å². The number of sulfonamides is 1. The summed E-state index contributed by atoms with van der Waals surface area (Å²) in [6.45, 7) is 1.93. The molecule has 0 atom stereocenters. The van der Waals surface area contributed by atoms with E-state index >= 15 is 0 Å². The van der Waals surface area contributed by atoms with E-state index in [1.807, 2.05) is 25.1 Å². The van der Waals surface area contributed by atoms with Gasteiger partial charge in [-0.3, -0.25) is 4.79 Å². The van der Waals surface area contributed by atoms with Gasteiger partial charge in [0.25, 0.3) is 5.91 Å². The summed E-state index contributed by atoms with van der Waals surface area (Å²) in [5.74, 6) is -0.363. The zero-order chi connectivity index (χ0) is 17.2. The summed E-state index contributed by atoms with van der Waals surface area (Å²) >= 11 is 3.22. The minimum absolute atomic E-state index is 0.0550. The number of hydrogen-bond donors (Lipinski definition) is 1. The molecule has 122 valence electrons. The molecule has 7 heteroatoms. The number of nitrogens with zero attached hydrogens (tertiary/aromatic N) is 1. The zero-order valence-corrected chi connectivity index (χ0v) is 15.4. The first-order chi connectivity index (χ1) is 10.7. The molecule has 5 nitrogen and oxygen atoms in total. The second kappa shape index (κ2) is 6.82. The lowest BCUT2D eigenvalue weighted by molar-refractivity contribution is 0.102. The van der Waals surface area contributed by atoms with Crippen LogP contribution in [-0.4, -0.2) is 32.7 Å². The monoisotopic (exact) mass is 396 g/mol. The molecule has 1 N–H and O–H groups in total. The highest BCUT2D eigenvalue weighted by Crippen LogP contribution is 2.25. The lowest BCUT2D eigenvalue weighted by Crippen LogP contribution is -2.23. The smallest absolute Gasteiger partial charge is 0.255 e. The number of amides is 1. The van der Waals surface area contributed by atoms with Crippen molar-refractivity contribution in [3.05, 3.63) is 58.1 Å². The number of aryl methyl sites for hydroxylation is 1. The van der Waals surface area contributed by atoms with Crippen LogP contribution in [0.4, 0.5) is 5.69 Å². The summed E-state index contributed by atoms with van der Waals surface area (Å²) in [7, 11) is -0.745. The van der Waals surface area contributed by atoms with Crippen molar-refractivity contribution in [2.24, 2.45) is 0 Å². The Balaban J connectivity index is 2.36. The Morgan fingerprint density at radius 2 is 1.83 bits per heavy atom. The summed E-state index contributed by atoms with van der Waals surface area (Å²) in [5.41, 5.74) is 1.96. The third kappa shape index (κ3) is 3.99. The van der Waals surface area contributed by atoms with Gasteiger partial charge in [-0.25, -0.2) is 12.7 Å². The van der Waals surface area contributed by atoms with Gasteiger partial charge < -0.3 is 5.32 Å². The lowest BCUT2D eigenvalue weighted by atomic mass is 10.2. The number of carbonyl (C=O) groups excluding carboxylic acids is 1. The van der Waals surface area contributed by atoms with Gasteiger partial charge >= 0.3 is 0 Å². The molecule has 0 fully saturated rings. The first-order valence-electron chi connectivity index (χ1n) is 6.82. The number of anilines is 1. The van der Waals surface area contributed by atoms with Crippen molar-refractivity contribution in [2.45, 2.75) is 11.8 Å². The summed E-state index contributed by atoms with van der Waals surface area (Å²) in [4.78, 5) is 12.4. The maximum absolute atomic E-state index is 12.4. The average molecular weight is 397 g/mol. The van der Waals surface area contributed by atoms with Gasteiger partial charge in [-0.1, -0.05) is 12.1 Å². The van der Waals surface area contributed by atoms with Crippen molar-refractivity contribution in [3.8, 4) is 0 Å². The molecule has 2 aromatic carbocycles. The fourth-order valence-corrected chi connectivity index (χ4v) is 3.81. The Bertz CT molecular complexity index is 848. The minimum atomic E-state index is -3.64. The predicted molar refractivity (Wildman–Crippen MR) is 94.1 cm³/mol. The van der Waals surface area contributed by atoms with E-state index in [2.05, 4.69) is 21.2 Å². The Morgan fingerprint density at radius 1 is 1.13 bits per heavy atom. The number of rotatable bonds is 4. The molecule has 0 spiro atoms. The molecule has 0 radical (unpaired) electrons. The second-order valence-corrected chi connectivity index (χ2v) is 8.23. The topological polar surface area (TPSA) is 66.5 Å². The first-order valence-corrected chi connectivity index (χ1v) is 9.05. The van der Waals surface area contributed by atoms with Crippen molar-refractivity contribution >= 4 is 37.5 Å². The average Bonchev–Trinajstić information content (AvgIpc) is 2.47. The molecule has 0 aliphatic heterocycles. The van der Waals surface area contributed by atoms with Crippen LogP contribution in [0, 0.1) is 6.92 Å². The second-order valence-electron chi connectivity index (χ2n) is 5.26. The maximum Gasteiger partial charge on any atom is 0.255 e. The fourth-order valence-electron chi connectivity index (χ4n) is 1.97. The molecule has 0 heterocycles. The van der Waals surface area contributed by atoms with Crippen LogP contribution >= 0.6 is 15.9 Å². The summed E-state index contributed by atoms with van der Waals surface area (Å²) in [5, 5.41) is 2.76. The largest absolute Gasteiger partial charge is 0.322 e. The Hall–Kier alpha value is -1.70. The minimum Gasteiger partial charge on any atom is -0.322 e. The number of halogens is 1.